The van der Waals surface area contributed by atoms with E-state index in [9.17, 15) is 9.59 Å². The van der Waals surface area contributed by atoms with Gasteiger partial charge in [-0.05, 0) is 57.9 Å². The molecule has 112 valence electrons. The highest BCUT2D eigenvalue weighted by Gasteiger charge is 2.11. The summed E-state index contributed by atoms with van der Waals surface area (Å²) in [6.07, 6.45) is 1.42. The topological polar surface area (TPSA) is 93.8 Å². The Morgan fingerprint density at radius 3 is 2.45 bits per heavy atom. The van der Waals surface area contributed by atoms with Gasteiger partial charge in [0.15, 0.2) is 0 Å². The Bertz CT molecular complexity index is 714. The summed E-state index contributed by atoms with van der Waals surface area (Å²) in [5.74, 6) is -0.0509. The summed E-state index contributed by atoms with van der Waals surface area (Å²) in [6.45, 7) is 0. The van der Waals surface area contributed by atoms with Crippen molar-refractivity contribution in [3.8, 4) is 5.75 Å². The number of primary amides is 1. The van der Waals surface area contributed by atoms with E-state index in [1.165, 1.54) is 6.21 Å². The van der Waals surface area contributed by atoms with Crippen molar-refractivity contribution in [1.82, 2.24) is 5.43 Å². The van der Waals surface area contributed by atoms with Gasteiger partial charge in [0, 0.05) is 4.47 Å². The summed E-state index contributed by atoms with van der Waals surface area (Å²) in [5, 5.41) is 3.63. The SMILES string of the molecule is NC(=O)N/N=C/c1ccc(OC(=O)c2ccccc2Br)cc1. The van der Waals surface area contributed by atoms with E-state index in [0.717, 1.165) is 5.56 Å². The number of hydrogen-bond donors (Lipinski definition) is 2. The molecule has 2 rings (SSSR count). The van der Waals surface area contributed by atoms with Crippen LogP contribution in [0.4, 0.5) is 4.79 Å². The molecular formula is C15H12BrN3O3. The molecule has 0 saturated heterocycles. The number of rotatable bonds is 4. The van der Waals surface area contributed by atoms with E-state index in [2.05, 4.69) is 26.5 Å². The van der Waals surface area contributed by atoms with Gasteiger partial charge >= 0.3 is 12.0 Å². The first kappa shape index (κ1) is 15.7. The second-order valence-corrected chi connectivity index (χ2v) is 5.03. The van der Waals surface area contributed by atoms with Gasteiger partial charge in [0.25, 0.3) is 0 Å². The lowest BCUT2D eigenvalue weighted by molar-refractivity contribution is 0.0734. The summed E-state index contributed by atoms with van der Waals surface area (Å²) >= 11 is 3.30. The molecule has 0 bridgehead atoms. The molecule has 2 aromatic rings. The van der Waals surface area contributed by atoms with Crippen LogP contribution in [-0.2, 0) is 0 Å². The van der Waals surface area contributed by atoms with Crippen molar-refractivity contribution in [2.45, 2.75) is 0 Å². The number of urea groups is 1. The van der Waals surface area contributed by atoms with E-state index in [1.54, 1.807) is 42.5 Å². The van der Waals surface area contributed by atoms with E-state index in [4.69, 9.17) is 10.5 Å². The molecule has 0 fully saturated rings. The number of carbonyl (C=O) groups is 2. The monoisotopic (exact) mass is 361 g/mol. The molecule has 3 N–H and O–H groups in total. The van der Waals surface area contributed by atoms with Gasteiger partial charge in [-0.25, -0.2) is 15.0 Å². The fourth-order valence-electron chi connectivity index (χ4n) is 1.58. The normalized spacial score (nSPS) is 10.4. The van der Waals surface area contributed by atoms with E-state index in [1.807, 2.05) is 6.07 Å². The standard InChI is InChI=1S/C15H12BrN3O3/c16-13-4-2-1-3-12(13)14(20)22-11-7-5-10(6-8-11)9-18-19-15(17)21/h1-9H,(H3,17,19,21)/b18-9+. The fourth-order valence-corrected chi connectivity index (χ4v) is 2.03. The molecule has 0 radical (unpaired) electrons. The zero-order valence-corrected chi connectivity index (χ0v) is 12.9. The van der Waals surface area contributed by atoms with Crippen molar-refractivity contribution in [2.75, 3.05) is 0 Å². The number of nitrogens with two attached hydrogens (primary N) is 1. The molecule has 2 amide bonds. The molecule has 0 heterocycles. The third kappa shape index (κ3) is 4.42. The Labute approximate surface area is 135 Å². The molecule has 0 saturated carbocycles. The summed E-state index contributed by atoms with van der Waals surface area (Å²) < 4.78 is 5.94. The number of carbonyl (C=O) groups excluding carboxylic acids is 2. The molecule has 6 nitrogen and oxygen atoms in total. The quantitative estimate of drug-likeness (QED) is 0.379. The molecule has 0 atom stereocenters. The summed E-state index contributed by atoms with van der Waals surface area (Å²) in [5.41, 5.74) is 8.12. The molecule has 0 aliphatic heterocycles. The highest BCUT2D eigenvalue weighted by atomic mass is 79.9. The summed E-state index contributed by atoms with van der Waals surface area (Å²) in [4.78, 5) is 22.5. The second-order valence-electron chi connectivity index (χ2n) is 4.17. The number of ether oxygens (including phenoxy) is 1. The fraction of sp³-hybridized carbons (Fsp3) is 0. The molecular weight excluding hydrogens is 350 g/mol. The Balaban J connectivity index is 2.02. The number of esters is 1. The van der Waals surface area contributed by atoms with Crippen LogP contribution in [0.2, 0.25) is 0 Å². The van der Waals surface area contributed by atoms with Crippen LogP contribution in [0.3, 0.4) is 0 Å². The van der Waals surface area contributed by atoms with E-state index in [0.29, 0.717) is 15.8 Å². The minimum Gasteiger partial charge on any atom is -0.423 e. The van der Waals surface area contributed by atoms with Crippen molar-refractivity contribution in [3.05, 3.63) is 64.1 Å². The zero-order chi connectivity index (χ0) is 15.9. The summed E-state index contributed by atoms with van der Waals surface area (Å²) in [6, 6.07) is 12.9. The first-order chi connectivity index (χ1) is 10.6. The van der Waals surface area contributed by atoms with Crippen LogP contribution in [0.15, 0.2) is 58.1 Å². The van der Waals surface area contributed by atoms with Gasteiger partial charge in [0.1, 0.15) is 5.75 Å². The number of benzene rings is 2. The number of nitrogens with one attached hydrogen (secondary N) is 1. The van der Waals surface area contributed by atoms with Crippen LogP contribution >= 0.6 is 15.9 Å². The van der Waals surface area contributed by atoms with Gasteiger partial charge in [0.2, 0.25) is 0 Å². The lowest BCUT2D eigenvalue weighted by atomic mass is 10.2. The summed E-state index contributed by atoms with van der Waals surface area (Å²) in [7, 11) is 0. The van der Waals surface area contributed by atoms with Gasteiger partial charge in [-0.15, -0.1) is 0 Å². The first-order valence-corrected chi connectivity index (χ1v) is 7.01. The highest BCUT2D eigenvalue weighted by Crippen LogP contribution is 2.19. The predicted molar refractivity (Wildman–Crippen MR) is 85.9 cm³/mol. The van der Waals surface area contributed by atoms with Crippen molar-refractivity contribution >= 4 is 34.1 Å². The van der Waals surface area contributed by atoms with E-state index in [-0.39, 0.29) is 0 Å². The van der Waals surface area contributed by atoms with E-state index >= 15 is 0 Å². The van der Waals surface area contributed by atoms with Crippen molar-refractivity contribution in [2.24, 2.45) is 10.8 Å². The molecule has 7 heteroatoms. The van der Waals surface area contributed by atoms with Gasteiger partial charge in [-0.2, -0.15) is 5.10 Å². The number of hydrazone groups is 1. The maximum absolute atomic E-state index is 12.0. The number of hydrogen-bond acceptors (Lipinski definition) is 4. The molecule has 2 aromatic carbocycles. The minimum atomic E-state index is -0.741. The second kappa shape index (κ2) is 7.37. The lowest BCUT2D eigenvalue weighted by Crippen LogP contribution is -2.24. The smallest absolute Gasteiger partial charge is 0.344 e. The van der Waals surface area contributed by atoms with Gasteiger partial charge in [0.05, 0.1) is 11.8 Å². The third-order valence-electron chi connectivity index (χ3n) is 2.57. The average Bonchev–Trinajstić information content (AvgIpc) is 2.49. The maximum Gasteiger partial charge on any atom is 0.344 e. The molecule has 22 heavy (non-hydrogen) atoms. The molecule has 0 aromatic heterocycles. The average molecular weight is 362 g/mol. The largest absolute Gasteiger partial charge is 0.423 e. The zero-order valence-electron chi connectivity index (χ0n) is 11.3. The Morgan fingerprint density at radius 1 is 1.14 bits per heavy atom. The van der Waals surface area contributed by atoms with Gasteiger partial charge in [-0.3, -0.25) is 0 Å². The van der Waals surface area contributed by atoms with Crippen LogP contribution in [0.25, 0.3) is 0 Å². The van der Waals surface area contributed by atoms with Crippen LogP contribution in [0, 0.1) is 0 Å². The Morgan fingerprint density at radius 2 is 1.82 bits per heavy atom. The van der Waals surface area contributed by atoms with E-state index < -0.39 is 12.0 Å². The molecule has 0 aliphatic carbocycles. The van der Waals surface area contributed by atoms with Gasteiger partial charge in [-0.1, -0.05) is 12.1 Å². The Hall–Kier alpha value is -2.67. The number of nitrogens with zero attached hydrogens (tertiary/aromatic N) is 1. The van der Waals surface area contributed by atoms with Crippen LogP contribution in [0.1, 0.15) is 15.9 Å². The van der Waals surface area contributed by atoms with Crippen LogP contribution < -0.4 is 15.9 Å². The predicted octanol–water partition coefficient (Wildman–Crippen LogP) is 2.67. The van der Waals surface area contributed by atoms with Crippen molar-refractivity contribution in [1.29, 1.82) is 0 Å². The highest BCUT2D eigenvalue weighted by molar-refractivity contribution is 9.10. The first-order valence-electron chi connectivity index (χ1n) is 6.21. The van der Waals surface area contributed by atoms with Crippen molar-refractivity contribution < 1.29 is 14.3 Å². The molecule has 0 spiro atoms. The minimum absolute atomic E-state index is 0.403. The van der Waals surface area contributed by atoms with Gasteiger partial charge < -0.3 is 10.5 Å². The molecule has 0 aliphatic rings. The van der Waals surface area contributed by atoms with Crippen LogP contribution in [0.5, 0.6) is 5.75 Å². The maximum atomic E-state index is 12.0. The lowest BCUT2D eigenvalue weighted by Gasteiger charge is -2.06. The number of halogens is 1. The Kier molecular flexibility index (Phi) is 5.26. The van der Waals surface area contributed by atoms with Crippen molar-refractivity contribution in [3.63, 3.8) is 0 Å². The van der Waals surface area contributed by atoms with Crippen LogP contribution in [-0.4, -0.2) is 18.2 Å². The third-order valence-corrected chi connectivity index (χ3v) is 3.26. The number of amides is 2. The molecule has 0 unspecified atom stereocenters.